The van der Waals surface area contributed by atoms with Crippen LogP contribution in [0.15, 0.2) is 12.1 Å². The number of amides is 1. The summed E-state index contributed by atoms with van der Waals surface area (Å²) in [5, 5.41) is 2.49. The Morgan fingerprint density at radius 3 is 2.69 bits per heavy atom. The van der Waals surface area contributed by atoms with Gasteiger partial charge in [0.05, 0.1) is 11.1 Å². The predicted molar refractivity (Wildman–Crippen MR) is 57.2 cm³/mol. The molecule has 86 valence electrons. The molecule has 0 fully saturated rings. The number of rotatable bonds is 2. The molecule has 1 aromatic rings. The van der Waals surface area contributed by atoms with E-state index in [9.17, 15) is 13.6 Å². The van der Waals surface area contributed by atoms with Crippen LogP contribution in [0.5, 0.6) is 0 Å². The Kier molecular flexibility index (Phi) is 2.45. The van der Waals surface area contributed by atoms with Crippen LogP contribution in [-0.4, -0.2) is 5.91 Å². The summed E-state index contributed by atoms with van der Waals surface area (Å²) in [6, 6.07) is 2.03. The molecule has 0 saturated carbocycles. The second kappa shape index (κ2) is 3.54. The zero-order valence-electron chi connectivity index (χ0n) is 9.23. The number of nitrogens with one attached hydrogen (secondary N) is 1. The third kappa shape index (κ3) is 1.40. The maximum Gasteiger partial charge on any atom is 0.234 e. The zero-order valence-corrected chi connectivity index (χ0v) is 9.23. The van der Waals surface area contributed by atoms with Crippen molar-refractivity contribution in [1.82, 2.24) is 0 Å². The molecule has 1 heterocycles. The molecule has 4 heteroatoms. The Labute approximate surface area is 92.7 Å². The van der Waals surface area contributed by atoms with Crippen molar-refractivity contribution in [2.45, 2.75) is 32.1 Å². The van der Waals surface area contributed by atoms with Gasteiger partial charge < -0.3 is 5.32 Å². The average molecular weight is 225 g/mol. The maximum absolute atomic E-state index is 13.5. The van der Waals surface area contributed by atoms with Crippen LogP contribution in [0.4, 0.5) is 14.5 Å². The van der Waals surface area contributed by atoms with Crippen LogP contribution in [0.3, 0.4) is 0 Å². The molecule has 16 heavy (non-hydrogen) atoms. The topological polar surface area (TPSA) is 29.1 Å². The number of halogens is 2. The van der Waals surface area contributed by atoms with Crippen molar-refractivity contribution in [1.29, 1.82) is 0 Å². The van der Waals surface area contributed by atoms with Gasteiger partial charge in [-0.2, -0.15) is 0 Å². The van der Waals surface area contributed by atoms with Gasteiger partial charge in [-0.15, -0.1) is 0 Å². The van der Waals surface area contributed by atoms with E-state index in [1.807, 2.05) is 6.92 Å². The first kappa shape index (κ1) is 11.0. The molecule has 1 N–H and O–H groups in total. The Hall–Kier alpha value is -1.45. The molecule has 0 bridgehead atoms. The molecule has 1 amide bonds. The molecule has 0 saturated heterocycles. The highest BCUT2D eigenvalue weighted by atomic mass is 19.1. The smallest absolute Gasteiger partial charge is 0.234 e. The Bertz CT molecular complexity index is 459. The number of hydrogen-bond acceptors (Lipinski definition) is 1. The molecule has 1 unspecified atom stereocenters. The summed E-state index contributed by atoms with van der Waals surface area (Å²) in [6.07, 6.45) is 1.36. The Balaban J connectivity index is 2.60. The largest absolute Gasteiger partial charge is 0.323 e. The van der Waals surface area contributed by atoms with E-state index in [0.29, 0.717) is 12.0 Å². The third-order valence-corrected chi connectivity index (χ3v) is 3.14. The molecule has 1 aliphatic heterocycles. The minimum absolute atomic E-state index is 0.127. The lowest BCUT2D eigenvalue weighted by Crippen LogP contribution is -2.30. The summed E-state index contributed by atoms with van der Waals surface area (Å²) in [5.41, 5.74) is -0.258. The van der Waals surface area contributed by atoms with E-state index in [-0.39, 0.29) is 11.6 Å². The minimum atomic E-state index is -0.812. The van der Waals surface area contributed by atoms with Crippen molar-refractivity contribution in [2.24, 2.45) is 0 Å². The number of fused-ring (bicyclic) bond motifs is 1. The van der Waals surface area contributed by atoms with Crippen LogP contribution in [0, 0.1) is 11.6 Å². The van der Waals surface area contributed by atoms with Crippen molar-refractivity contribution < 1.29 is 13.6 Å². The highest BCUT2D eigenvalue weighted by molar-refractivity contribution is 6.06. The quantitative estimate of drug-likeness (QED) is 0.823. The molecule has 2 nitrogen and oxygen atoms in total. The fourth-order valence-electron chi connectivity index (χ4n) is 2.26. The Morgan fingerprint density at radius 1 is 1.38 bits per heavy atom. The molecule has 1 atom stereocenters. The van der Waals surface area contributed by atoms with Crippen LogP contribution < -0.4 is 5.32 Å². The molecular weight excluding hydrogens is 212 g/mol. The van der Waals surface area contributed by atoms with Gasteiger partial charge in [0.25, 0.3) is 0 Å². The standard InChI is InChI=1S/C12H13F2NO/c1-3-4-12(2)8-5-7(13)6-9(14)10(8)15-11(12)16/h5-6H,3-4H2,1-2H3,(H,15,16). The van der Waals surface area contributed by atoms with E-state index in [0.717, 1.165) is 12.5 Å². The summed E-state index contributed by atoms with van der Waals surface area (Å²) in [4.78, 5) is 11.8. The third-order valence-electron chi connectivity index (χ3n) is 3.14. The number of carbonyl (C=O) groups is 1. The van der Waals surface area contributed by atoms with Gasteiger partial charge in [0.15, 0.2) is 0 Å². The molecule has 0 radical (unpaired) electrons. The highest BCUT2D eigenvalue weighted by Gasteiger charge is 2.43. The van der Waals surface area contributed by atoms with Gasteiger partial charge in [-0.3, -0.25) is 4.79 Å². The molecule has 1 aliphatic rings. The highest BCUT2D eigenvalue weighted by Crippen LogP contribution is 2.42. The van der Waals surface area contributed by atoms with Crippen LogP contribution in [0.25, 0.3) is 0 Å². The van der Waals surface area contributed by atoms with Crippen LogP contribution in [-0.2, 0) is 10.2 Å². The summed E-state index contributed by atoms with van der Waals surface area (Å²) < 4.78 is 26.6. The van der Waals surface area contributed by atoms with Crippen LogP contribution in [0.2, 0.25) is 0 Å². The van der Waals surface area contributed by atoms with Crippen LogP contribution in [0.1, 0.15) is 32.3 Å². The second-order valence-electron chi connectivity index (χ2n) is 4.35. The van der Waals surface area contributed by atoms with Gasteiger partial charge >= 0.3 is 0 Å². The number of benzene rings is 1. The lowest BCUT2D eigenvalue weighted by Gasteiger charge is -2.21. The fourth-order valence-corrected chi connectivity index (χ4v) is 2.26. The first-order valence-electron chi connectivity index (χ1n) is 5.30. The van der Waals surface area contributed by atoms with E-state index >= 15 is 0 Å². The lowest BCUT2D eigenvalue weighted by molar-refractivity contribution is -0.120. The number of carbonyl (C=O) groups excluding carboxylic acids is 1. The maximum atomic E-state index is 13.5. The summed E-state index contributed by atoms with van der Waals surface area (Å²) in [5.74, 6) is -1.60. The van der Waals surface area contributed by atoms with Gasteiger partial charge in [0, 0.05) is 6.07 Å². The van der Waals surface area contributed by atoms with Crippen molar-refractivity contribution >= 4 is 11.6 Å². The molecule has 2 rings (SSSR count). The molecule has 0 aliphatic carbocycles. The first-order chi connectivity index (χ1) is 7.49. The van der Waals surface area contributed by atoms with Crippen molar-refractivity contribution in [2.75, 3.05) is 5.32 Å². The molecule has 1 aromatic carbocycles. The average Bonchev–Trinajstić information content (AvgIpc) is 2.43. The van der Waals surface area contributed by atoms with Gasteiger partial charge in [0.2, 0.25) is 5.91 Å². The van der Waals surface area contributed by atoms with Gasteiger partial charge in [-0.1, -0.05) is 13.3 Å². The predicted octanol–water partition coefficient (Wildman–Crippen LogP) is 2.97. The van der Waals surface area contributed by atoms with Crippen molar-refractivity contribution in [3.63, 3.8) is 0 Å². The monoisotopic (exact) mass is 225 g/mol. The van der Waals surface area contributed by atoms with E-state index < -0.39 is 17.0 Å². The first-order valence-corrected chi connectivity index (χ1v) is 5.30. The molecule has 0 aromatic heterocycles. The van der Waals surface area contributed by atoms with Gasteiger partial charge in [-0.25, -0.2) is 8.78 Å². The van der Waals surface area contributed by atoms with Crippen molar-refractivity contribution in [3.8, 4) is 0 Å². The fraction of sp³-hybridized carbons (Fsp3) is 0.417. The normalized spacial score (nSPS) is 23.1. The number of anilines is 1. The summed E-state index contributed by atoms with van der Waals surface area (Å²) >= 11 is 0. The number of hydrogen-bond donors (Lipinski definition) is 1. The van der Waals surface area contributed by atoms with E-state index in [1.54, 1.807) is 6.92 Å². The van der Waals surface area contributed by atoms with Gasteiger partial charge in [-0.05, 0) is 25.0 Å². The zero-order chi connectivity index (χ0) is 11.9. The summed E-state index contributed by atoms with van der Waals surface area (Å²) in [7, 11) is 0. The van der Waals surface area contributed by atoms with E-state index in [1.165, 1.54) is 6.07 Å². The van der Waals surface area contributed by atoms with Crippen LogP contribution >= 0.6 is 0 Å². The lowest BCUT2D eigenvalue weighted by atomic mass is 9.80. The minimum Gasteiger partial charge on any atom is -0.323 e. The molecule has 0 spiro atoms. The molecular formula is C12H13F2NO. The van der Waals surface area contributed by atoms with Gasteiger partial charge in [0.1, 0.15) is 11.6 Å². The second-order valence-corrected chi connectivity index (χ2v) is 4.35. The van der Waals surface area contributed by atoms with E-state index in [4.69, 9.17) is 0 Å². The van der Waals surface area contributed by atoms with Crippen molar-refractivity contribution in [3.05, 3.63) is 29.3 Å². The summed E-state index contributed by atoms with van der Waals surface area (Å²) in [6.45, 7) is 3.66. The van der Waals surface area contributed by atoms with E-state index in [2.05, 4.69) is 5.32 Å². The Morgan fingerprint density at radius 2 is 2.06 bits per heavy atom. The SMILES string of the molecule is CCCC1(C)C(=O)Nc2c(F)cc(F)cc21.